The first-order chi connectivity index (χ1) is 26.9. The number of benzene rings is 5. The molecule has 58 heavy (non-hydrogen) atoms. The maximum absolute atomic E-state index is 9.84. The Morgan fingerprint density at radius 2 is 0.810 bits per heavy atom. The smallest absolute Gasteiger partial charge is 0.0132 e. The van der Waals surface area contributed by atoms with Crippen LogP contribution in [0.5, 0.6) is 5.75 Å². The molecule has 0 heterocycles. The largest absolute Gasteiger partial charge is 0.165 e. The van der Waals surface area contributed by atoms with Crippen LogP contribution < -0.4 is 0 Å². The summed E-state index contributed by atoms with van der Waals surface area (Å²) >= 11 is 1.51. The predicted molar refractivity (Wildman–Crippen MR) is 254 cm³/mol. The maximum Gasteiger partial charge on any atom is -0.0132 e. The van der Waals surface area contributed by atoms with Crippen molar-refractivity contribution in [2.24, 2.45) is 0 Å². The Bertz CT molecular complexity index is 2270. The van der Waals surface area contributed by atoms with Gasteiger partial charge in [-0.25, -0.2) is 0 Å². The van der Waals surface area contributed by atoms with Crippen LogP contribution in [0.4, 0.5) is 0 Å². The summed E-state index contributed by atoms with van der Waals surface area (Å²) in [6, 6.07) is 46.1. The summed E-state index contributed by atoms with van der Waals surface area (Å²) in [6.07, 6.45) is 0. The van der Waals surface area contributed by atoms with Gasteiger partial charge in [-0.05, 0) is 61.1 Å². The van der Waals surface area contributed by atoms with Crippen molar-refractivity contribution in [3.63, 3.8) is 0 Å². The Hall–Kier alpha value is -4.13. The molecular weight excluding hydrogens is 780 g/mol. The Labute approximate surface area is 366 Å². The van der Waals surface area contributed by atoms with Gasteiger partial charge in [0.05, 0.1) is 0 Å². The van der Waals surface area contributed by atoms with E-state index in [4.69, 9.17) is 0 Å². The molecule has 0 aromatic heterocycles. The van der Waals surface area contributed by atoms with Crippen molar-refractivity contribution in [2.75, 3.05) is 0 Å². The van der Waals surface area contributed by atoms with Gasteiger partial charge < -0.3 is 5.11 Å². The molecule has 7 aromatic carbocycles. The first-order valence-corrected chi connectivity index (χ1v) is 22.2. The molecule has 302 valence electrons. The summed E-state index contributed by atoms with van der Waals surface area (Å²) in [5, 5.41) is 15.2. The molecule has 1 N–H and O–H groups in total. The molecule has 7 aromatic rings. The molecule has 0 aliphatic heterocycles. The van der Waals surface area contributed by atoms with Crippen molar-refractivity contribution in [1.29, 1.82) is 0 Å². The van der Waals surface area contributed by atoms with Crippen LogP contribution in [-0.2, 0) is 45.9 Å². The van der Waals surface area contributed by atoms with Gasteiger partial charge in [0.25, 0.3) is 0 Å². The standard InChI is InChI=1S/2C20H21.C14H22O.C2H4.Zr/c2*1-14-12-16-6-5-7-18(19(16)13-14)15-8-10-17(11-9-15)20(2,3)4;1-13(2,3)10-7-8-12(15)11(9-10)14(4,5)6;1-2;/h2*5-13H,1-4H3;7-9,15H,1-6H3;1H,2H3;/q2*-1;;;+2. The molecule has 7 rings (SSSR count). The van der Waals surface area contributed by atoms with Gasteiger partial charge in [-0.3, -0.25) is 0 Å². The van der Waals surface area contributed by atoms with Crippen LogP contribution in [-0.4, -0.2) is 8.82 Å². The minimum absolute atomic E-state index is 0.00859. The van der Waals surface area contributed by atoms with E-state index in [-0.39, 0.29) is 21.7 Å². The summed E-state index contributed by atoms with van der Waals surface area (Å²) in [4.78, 5) is 0. The van der Waals surface area contributed by atoms with Gasteiger partial charge >= 0.3 is 34.9 Å². The van der Waals surface area contributed by atoms with E-state index in [0.29, 0.717) is 5.75 Å². The van der Waals surface area contributed by atoms with Crippen LogP contribution >= 0.6 is 0 Å². The second kappa shape index (κ2) is 18.9. The molecule has 0 aliphatic rings. The summed E-state index contributed by atoms with van der Waals surface area (Å²) in [5.74, 6) is 0.399. The van der Waals surface area contributed by atoms with Crippen molar-refractivity contribution in [3.05, 3.63) is 161 Å². The average molecular weight is 848 g/mol. The fraction of sp³-hybridized carbons (Fsp3) is 0.339. The zero-order valence-corrected chi connectivity index (χ0v) is 40.6. The summed E-state index contributed by atoms with van der Waals surface area (Å²) in [5.41, 5.74) is 13.5. The van der Waals surface area contributed by atoms with Crippen molar-refractivity contribution in [2.45, 2.75) is 126 Å². The van der Waals surface area contributed by atoms with Gasteiger partial charge in [0.2, 0.25) is 0 Å². The predicted octanol–water partition coefficient (Wildman–Crippen LogP) is 16.0. The Morgan fingerprint density at radius 1 is 0.466 bits per heavy atom. The summed E-state index contributed by atoms with van der Waals surface area (Å²) < 4.78 is 2.09. The zero-order valence-electron chi connectivity index (χ0n) is 38.1. The molecule has 0 atom stereocenters. The molecule has 0 unspecified atom stereocenters. The average Bonchev–Trinajstić information content (AvgIpc) is 3.72. The topological polar surface area (TPSA) is 20.2 Å². The van der Waals surface area contributed by atoms with Crippen LogP contribution in [0.3, 0.4) is 0 Å². The number of aryl methyl sites for hydroxylation is 2. The normalized spacial score (nSPS) is 11.9. The van der Waals surface area contributed by atoms with E-state index >= 15 is 0 Å². The van der Waals surface area contributed by atoms with E-state index in [9.17, 15) is 5.11 Å². The van der Waals surface area contributed by atoms with E-state index < -0.39 is 0 Å². The van der Waals surface area contributed by atoms with Gasteiger partial charge in [-0.15, -0.1) is 69.1 Å². The fourth-order valence-electron chi connectivity index (χ4n) is 7.18. The molecule has 0 bridgehead atoms. The Morgan fingerprint density at radius 3 is 1.14 bits per heavy atom. The number of rotatable bonds is 2. The molecule has 0 saturated carbocycles. The van der Waals surface area contributed by atoms with Crippen molar-refractivity contribution in [3.8, 4) is 28.0 Å². The number of phenols is 1. The molecule has 0 radical (unpaired) electrons. The monoisotopic (exact) mass is 846 g/mol. The molecule has 0 amide bonds. The quantitative estimate of drug-likeness (QED) is 0.172. The van der Waals surface area contributed by atoms with E-state index in [1.54, 1.807) is 6.07 Å². The van der Waals surface area contributed by atoms with Gasteiger partial charge in [-0.1, -0.05) is 181 Å². The van der Waals surface area contributed by atoms with Crippen LogP contribution in [0, 0.1) is 13.8 Å². The van der Waals surface area contributed by atoms with Crippen molar-refractivity contribution in [1.82, 2.24) is 0 Å². The second-order valence-corrected chi connectivity index (χ2v) is 21.3. The van der Waals surface area contributed by atoms with E-state index in [2.05, 4.69) is 216 Å². The number of hydrogen-bond acceptors (Lipinski definition) is 1. The first-order valence-electron chi connectivity index (χ1n) is 20.8. The van der Waals surface area contributed by atoms with Gasteiger partial charge in [-0.2, -0.15) is 12.1 Å². The summed E-state index contributed by atoms with van der Waals surface area (Å²) in [7, 11) is 0. The minimum Gasteiger partial charge on any atom is -0.165 e. The molecular formula is C56H68OZr. The number of fused-ring (bicyclic) bond motifs is 2. The van der Waals surface area contributed by atoms with Crippen LogP contribution in [0.1, 0.15) is 123 Å². The first kappa shape index (κ1) is 46.6. The van der Waals surface area contributed by atoms with Crippen LogP contribution in [0.2, 0.25) is 0 Å². The third-order valence-electron chi connectivity index (χ3n) is 10.6. The van der Waals surface area contributed by atoms with E-state index in [1.165, 1.54) is 95.9 Å². The van der Waals surface area contributed by atoms with Gasteiger partial charge in [0, 0.05) is 0 Å². The molecule has 2 heteroatoms. The zero-order chi connectivity index (χ0) is 43.2. The molecule has 0 fully saturated rings. The third kappa shape index (κ3) is 12.2. The van der Waals surface area contributed by atoms with Crippen molar-refractivity contribution < 1.29 is 29.3 Å². The third-order valence-corrected chi connectivity index (χ3v) is 10.6. The Balaban J connectivity index is 0.000000188. The second-order valence-electron chi connectivity index (χ2n) is 19.9. The van der Waals surface area contributed by atoms with Crippen LogP contribution in [0.25, 0.3) is 43.8 Å². The van der Waals surface area contributed by atoms with Crippen LogP contribution in [0.15, 0.2) is 127 Å². The van der Waals surface area contributed by atoms with E-state index in [0.717, 1.165) is 5.56 Å². The summed E-state index contributed by atoms with van der Waals surface area (Å²) in [6.45, 7) is 32.8. The number of phenolic OH excluding ortho intramolecular Hbond substituents is 1. The number of aromatic hydroxyl groups is 1. The molecule has 1 nitrogen and oxygen atoms in total. The van der Waals surface area contributed by atoms with E-state index in [1.807, 2.05) is 13.0 Å². The SMILES string of the molecule is CC(C)(C)c1ccc(O)c(C(C)(C)C)c1.C[CH]=[Zr+2].Cc1cc2c(-c3ccc(C(C)(C)C)cc3)cccc2[cH-]1.Cc1cc2c(-c3ccc(C(C)(C)C)cc3)cccc2[cH-]1. The molecule has 0 saturated heterocycles. The molecule has 0 aliphatic carbocycles. The van der Waals surface area contributed by atoms with Gasteiger partial charge in [0.15, 0.2) is 0 Å². The number of hydrogen-bond donors (Lipinski definition) is 1. The fourth-order valence-corrected chi connectivity index (χ4v) is 7.18. The Kier molecular flexibility index (Phi) is 15.1. The van der Waals surface area contributed by atoms with Gasteiger partial charge in [0.1, 0.15) is 5.75 Å². The van der Waals surface area contributed by atoms with Crippen molar-refractivity contribution >= 4 is 25.3 Å². The molecule has 0 spiro atoms. The maximum atomic E-state index is 9.84. The minimum atomic E-state index is -0.00859.